The number of carbonyl (C=O) groups is 2. The minimum absolute atomic E-state index is 0.0911. The maximum atomic E-state index is 11.4. The van der Waals surface area contributed by atoms with Gasteiger partial charge in [-0.1, -0.05) is 11.6 Å². The van der Waals surface area contributed by atoms with Gasteiger partial charge in [-0.15, -0.1) is 23.1 Å². The van der Waals surface area contributed by atoms with Gasteiger partial charge in [-0.25, -0.2) is 4.79 Å². The van der Waals surface area contributed by atoms with E-state index in [-0.39, 0.29) is 19.1 Å². The molecule has 0 saturated heterocycles. The van der Waals surface area contributed by atoms with Crippen molar-refractivity contribution in [1.29, 1.82) is 0 Å². The summed E-state index contributed by atoms with van der Waals surface area (Å²) in [6.45, 7) is 0.171. The Balaban J connectivity index is 2.00. The zero-order valence-corrected chi connectivity index (χ0v) is 12.4. The van der Waals surface area contributed by atoms with Crippen molar-refractivity contribution in [3.05, 3.63) is 21.3 Å². The molecular formula is C11H14ClNO4S2. The number of nitrogens with one attached hydrogen (secondary N) is 1. The van der Waals surface area contributed by atoms with Crippen LogP contribution in [0.2, 0.25) is 4.34 Å². The Labute approximate surface area is 124 Å². The molecule has 2 N–H and O–H groups in total. The highest BCUT2D eigenvalue weighted by atomic mass is 35.5. The van der Waals surface area contributed by atoms with E-state index in [4.69, 9.17) is 21.4 Å². The number of aliphatic carboxylic acids is 1. The molecule has 1 heterocycles. The van der Waals surface area contributed by atoms with E-state index in [0.29, 0.717) is 12.3 Å². The van der Waals surface area contributed by atoms with Crippen LogP contribution in [0.15, 0.2) is 12.1 Å². The predicted octanol–water partition coefficient (Wildman–Crippen LogP) is 1.85. The molecule has 1 amide bonds. The molecule has 0 saturated carbocycles. The lowest BCUT2D eigenvalue weighted by Gasteiger charge is -2.04. The molecule has 1 rings (SSSR count). The van der Waals surface area contributed by atoms with E-state index in [1.807, 2.05) is 12.1 Å². The first-order valence-corrected chi connectivity index (χ1v) is 7.81. The minimum Gasteiger partial charge on any atom is -0.480 e. The smallest absolute Gasteiger partial charge is 0.329 e. The zero-order valence-electron chi connectivity index (χ0n) is 10.1. The predicted molar refractivity (Wildman–Crippen MR) is 77.0 cm³/mol. The van der Waals surface area contributed by atoms with Crippen molar-refractivity contribution in [3.8, 4) is 0 Å². The number of carboxylic acids is 1. The van der Waals surface area contributed by atoms with Gasteiger partial charge in [-0.3, -0.25) is 4.79 Å². The van der Waals surface area contributed by atoms with E-state index in [9.17, 15) is 9.59 Å². The van der Waals surface area contributed by atoms with E-state index in [2.05, 4.69) is 5.32 Å². The number of thioether (sulfide) groups is 1. The summed E-state index contributed by atoms with van der Waals surface area (Å²) in [5.41, 5.74) is 0. The van der Waals surface area contributed by atoms with Gasteiger partial charge in [0, 0.05) is 17.2 Å². The Kier molecular flexibility index (Phi) is 7.88. The molecule has 19 heavy (non-hydrogen) atoms. The van der Waals surface area contributed by atoms with Crippen LogP contribution in [0, 0.1) is 0 Å². The molecule has 5 nitrogen and oxygen atoms in total. The topological polar surface area (TPSA) is 75.6 Å². The number of hydrogen-bond donors (Lipinski definition) is 2. The highest BCUT2D eigenvalue weighted by Gasteiger charge is 2.03. The molecule has 1 aromatic heterocycles. The summed E-state index contributed by atoms with van der Waals surface area (Å²) in [5.74, 6) is -0.00235. The van der Waals surface area contributed by atoms with E-state index in [1.165, 1.54) is 23.1 Å². The molecule has 0 unspecified atom stereocenters. The molecule has 0 bridgehead atoms. The normalized spacial score (nSPS) is 10.4. The number of rotatable bonds is 9. The minimum atomic E-state index is -1.02. The summed E-state index contributed by atoms with van der Waals surface area (Å²) in [4.78, 5) is 22.7. The lowest BCUT2D eigenvalue weighted by Crippen LogP contribution is -2.29. The molecule has 1 aromatic rings. The van der Waals surface area contributed by atoms with Gasteiger partial charge >= 0.3 is 5.97 Å². The second kappa shape index (κ2) is 9.19. The molecule has 106 valence electrons. The number of hydrogen-bond acceptors (Lipinski definition) is 5. The van der Waals surface area contributed by atoms with Crippen LogP contribution in [0.1, 0.15) is 4.88 Å². The first-order valence-electron chi connectivity index (χ1n) is 5.46. The monoisotopic (exact) mass is 323 g/mol. The van der Waals surface area contributed by atoms with Gasteiger partial charge in [0.05, 0.1) is 16.7 Å². The van der Waals surface area contributed by atoms with Crippen LogP contribution in [-0.4, -0.2) is 42.5 Å². The highest BCUT2D eigenvalue weighted by Crippen LogP contribution is 2.24. The molecule has 0 fully saturated rings. The lowest BCUT2D eigenvalue weighted by atomic mass is 10.5. The van der Waals surface area contributed by atoms with Crippen molar-refractivity contribution >= 4 is 46.6 Å². The molecule has 0 aliphatic rings. The molecule has 0 aromatic carbocycles. The second-order valence-corrected chi connectivity index (χ2v) is 6.28. The van der Waals surface area contributed by atoms with Crippen LogP contribution in [-0.2, 0) is 20.1 Å². The summed E-state index contributed by atoms with van der Waals surface area (Å²) >= 11 is 8.80. The number of carbonyl (C=O) groups excluding carboxylic acids is 1. The Morgan fingerprint density at radius 2 is 2.26 bits per heavy atom. The van der Waals surface area contributed by atoms with Gasteiger partial charge in [-0.05, 0) is 12.1 Å². The average Bonchev–Trinajstić information content (AvgIpc) is 2.74. The zero-order chi connectivity index (χ0) is 14.1. The number of halogens is 1. The number of amides is 1. The average molecular weight is 324 g/mol. The van der Waals surface area contributed by atoms with E-state index in [1.54, 1.807) is 0 Å². The standard InChI is InChI=1S/C11H14ClNO4S2/c12-9-2-1-8(19-9)6-18-7-10(14)13-3-4-17-5-11(15)16/h1-2H,3-7H2,(H,13,14)(H,15,16). The van der Waals surface area contributed by atoms with Gasteiger partial charge in [0.1, 0.15) is 6.61 Å². The first-order chi connectivity index (χ1) is 9.08. The van der Waals surface area contributed by atoms with Crippen LogP contribution >= 0.6 is 34.7 Å². The largest absolute Gasteiger partial charge is 0.480 e. The number of thiophene rings is 1. The van der Waals surface area contributed by atoms with Crippen LogP contribution in [0.3, 0.4) is 0 Å². The third-order valence-electron chi connectivity index (χ3n) is 1.90. The Hall–Kier alpha value is -0.760. The van der Waals surface area contributed by atoms with Crippen molar-refractivity contribution in [1.82, 2.24) is 5.32 Å². The third-order valence-corrected chi connectivity index (χ3v) is 4.30. The maximum absolute atomic E-state index is 11.4. The second-order valence-electron chi connectivity index (χ2n) is 3.49. The van der Waals surface area contributed by atoms with Crippen molar-refractivity contribution in [2.24, 2.45) is 0 Å². The Bertz CT molecular complexity index is 425. The van der Waals surface area contributed by atoms with Gasteiger partial charge in [0.15, 0.2) is 0 Å². The first kappa shape index (κ1) is 16.3. The quantitative estimate of drug-likeness (QED) is 0.678. The van der Waals surface area contributed by atoms with E-state index < -0.39 is 5.97 Å². The summed E-state index contributed by atoms with van der Waals surface area (Å²) in [7, 11) is 0. The molecule has 0 radical (unpaired) electrons. The van der Waals surface area contributed by atoms with E-state index in [0.717, 1.165) is 15.0 Å². The fraction of sp³-hybridized carbons (Fsp3) is 0.455. The Morgan fingerprint density at radius 1 is 1.47 bits per heavy atom. The Morgan fingerprint density at radius 3 is 2.89 bits per heavy atom. The number of carboxylic acid groups (broad SMARTS) is 1. The van der Waals surface area contributed by atoms with E-state index >= 15 is 0 Å². The van der Waals surface area contributed by atoms with Crippen molar-refractivity contribution < 1.29 is 19.4 Å². The van der Waals surface area contributed by atoms with Crippen molar-refractivity contribution in [2.45, 2.75) is 5.75 Å². The summed E-state index contributed by atoms with van der Waals surface area (Å²) in [5, 5.41) is 11.0. The molecule has 8 heteroatoms. The van der Waals surface area contributed by atoms with Crippen LogP contribution in [0.5, 0.6) is 0 Å². The number of ether oxygens (including phenoxy) is 1. The van der Waals surface area contributed by atoms with Crippen LogP contribution < -0.4 is 5.32 Å². The van der Waals surface area contributed by atoms with Gasteiger partial charge in [-0.2, -0.15) is 0 Å². The maximum Gasteiger partial charge on any atom is 0.329 e. The van der Waals surface area contributed by atoms with Crippen LogP contribution in [0.25, 0.3) is 0 Å². The lowest BCUT2D eigenvalue weighted by molar-refractivity contribution is -0.142. The summed E-state index contributed by atoms with van der Waals surface area (Å²) in [6, 6.07) is 3.78. The van der Waals surface area contributed by atoms with Crippen molar-refractivity contribution in [3.63, 3.8) is 0 Å². The summed E-state index contributed by atoms with van der Waals surface area (Å²) < 4.78 is 5.53. The van der Waals surface area contributed by atoms with Crippen LogP contribution in [0.4, 0.5) is 0 Å². The van der Waals surface area contributed by atoms with Gasteiger partial charge in [0.25, 0.3) is 0 Å². The highest BCUT2D eigenvalue weighted by molar-refractivity contribution is 7.99. The fourth-order valence-corrected chi connectivity index (χ4v) is 3.20. The molecule has 0 spiro atoms. The molecule has 0 aliphatic heterocycles. The fourth-order valence-electron chi connectivity index (χ4n) is 1.15. The SMILES string of the molecule is O=C(O)COCCNC(=O)CSCc1ccc(Cl)s1. The molecule has 0 aliphatic carbocycles. The summed E-state index contributed by atoms with van der Waals surface area (Å²) in [6.07, 6.45) is 0. The van der Waals surface area contributed by atoms with Gasteiger partial charge < -0.3 is 15.2 Å². The molecule has 0 atom stereocenters. The van der Waals surface area contributed by atoms with Crippen molar-refractivity contribution in [2.75, 3.05) is 25.5 Å². The molecular weight excluding hydrogens is 310 g/mol. The van der Waals surface area contributed by atoms with Gasteiger partial charge in [0.2, 0.25) is 5.91 Å². The third kappa shape index (κ3) is 8.10.